The molecule has 0 radical (unpaired) electrons. The number of nitrogens with one attached hydrogen (secondary N) is 2. The second kappa shape index (κ2) is 6.75. The molecule has 0 saturated heterocycles. The molecule has 1 saturated carbocycles. The summed E-state index contributed by atoms with van der Waals surface area (Å²) < 4.78 is 28.1. The van der Waals surface area contributed by atoms with Gasteiger partial charge in [0.05, 0.1) is 0 Å². The molecule has 1 aromatic heterocycles. The molecule has 5 nitrogen and oxygen atoms in total. The second-order valence-corrected chi connectivity index (χ2v) is 8.86. The minimum atomic E-state index is -3.40. The van der Waals surface area contributed by atoms with Crippen LogP contribution in [0, 0.1) is 0 Å². The molecule has 0 amide bonds. The molecule has 0 spiro atoms. The molecule has 0 aromatic carbocycles. The predicted octanol–water partition coefficient (Wildman–Crippen LogP) is 1.62. The first-order valence-corrected chi connectivity index (χ1v) is 9.65. The van der Waals surface area contributed by atoms with Gasteiger partial charge in [-0.2, -0.15) is 0 Å². The Balaban J connectivity index is 2.06. The van der Waals surface area contributed by atoms with E-state index in [9.17, 15) is 8.42 Å². The van der Waals surface area contributed by atoms with Crippen molar-refractivity contribution in [1.82, 2.24) is 14.9 Å². The molecule has 1 aromatic rings. The van der Waals surface area contributed by atoms with Crippen molar-refractivity contribution in [3.8, 4) is 0 Å². The van der Waals surface area contributed by atoms with E-state index >= 15 is 0 Å². The fraction of sp³-hybridized carbons (Fsp3) is 0.714. The fourth-order valence-electron chi connectivity index (χ4n) is 2.91. The largest absolute Gasteiger partial charge is 0.316 e. The van der Waals surface area contributed by atoms with Crippen molar-refractivity contribution < 1.29 is 8.42 Å². The average molecular weight is 332 g/mol. The van der Waals surface area contributed by atoms with E-state index in [1.54, 1.807) is 6.07 Å². The van der Waals surface area contributed by atoms with Gasteiger partial charge in [0.15, 0.2) is 0 Å². The summed E-state index contributed by atoms with van der Waals surface area (Å²) in [4.78, 5) is 2.17. The van der Waals surface area contributed by atoms with Crippen LogP contribution < -0.4 is 10.0 Å². The van der Waals surface area contributed by atoms with E-state index in [0.717, 1.165) is 18.4 Å². The summed E-state index contributed by atoms with van der Waals surface area (Å²) in [5.41, 5.74) is 0.976. The van der Waals surface area contributed by atoms with Crippen LogP contribution in [0.25, 0.3) is 0 Å². The van der Waals surface area contributed by atoms with Gasteiger partial charge in [0.1, 0.15) is 4.21 Å². The van der Waals surface area contributed by atoms with Crippen LogP contribution in [-0.2, 0) is 16.6 Å². The van der Waals surface area contributed by atoms with E-state index in [1.807, 2.05) is 26.5 Å². The first kappa shape index (κ1) is 16.9. The van der Waals surface area contributed by atoms with Crippen LogP contribution >= 0.6 is 11.3 Å². The Bertz CT molecular complexity index is 561. The zero-order valence-corrected chi connectivity index (χ0v) is 14.6. The van der Waals surface area contributed by atoms with Gasteiger partial charge < -0.3 is 10.2 Å². The molecule has 0 aliphatic heterocycles. The maximum Gasteiger partial charge on any atom is 0.250 e. The minimum absolute atomic E-state index is 0.0296. The molecular formula is C14H25N3O2S2. The molecule has 1 aliphatic carbocycles. The van der Waals surface area contributed by atoms with Crippen LogP contribution in [0.2, 0.25) is 0 Å². The smallest absolute Gasteiger partial charge is 0.250 e. The monoisotopic (exact) mass is 331 g/mol. The SMILES string of the molecule is CNCc1csc(S(=O)(=O)NCC2(N(C)C)CCCC2)c1. The molecule has 1 heterocycles. The molecule has 2 N–H and O–H groups in total. The third-order valence-electron chi connectivity index (χ3n) is 4.35. The molecular weight excluding hydrogens is 306 g/mol. The maximum absolute atomic E-state index is 12.4. The fourth-order valence-corrected chi connectivity index (χ4v) is 5.28. The van der Waals surface area contributed by atoms with Gasteiger partial charge >= 0.3 is 0 Å². The first-order chi connectivity index (χ1) is 9.89. The van der Waals surface area contributed by atoms with E-state index in [0.29, 0.717) is 17.3 Å². The Hall–Kier alpha value is -0.470. The molecule has 0 bridgehead atoms. The Kier molecular flexibility index (Phi) is 5.43. The maximum atomic E-state index is 12.4. The number of hydrogen-bond acceptors (Lipinski definition) is 5. The number of rotatable bonds is 7. The molecule has 0 unspecified atom stereocenters. The Labute approximate surface area is 131 Å². The zero-order chi connectivity index (χ0) is 15.5. The summed E-state index contributed by atoms with van der Waals surface area (Å²) in [6.07, 6.45) is 4.45. The summed E-state index contributed by atoms with van der Waals surface area (Å²) >= 11 is 1.28. The van der Waals surface area contributed by atoms with Gasteiger partial charge in [-0.3, -0.25) is 0 Å². The summed E-state index contributed by atoms with van der Waals surface area (Å²) in [5.74, 6) is 0. The van der Waals surface area contributed by atoms with Crippen molar-refractivity contribution in [3.63, 3.8) is 0 Å². The van der Waals surface area contributed by atoms with Gasteiger partial charge in [-0.25, -0.2) is 13.1 Å². The molecule has 2 rings (SSSR count). The quantitative estimate of drug-likeness (QED) is 0.797. The highest BCUT2D eigenvalue weighted by Gasteiger charge is 2.37. The van der Waals surface area contributed by atoms with Crippen molar-refractivity contribution in [3.05, 3.63) is 17.0 Å². The van der Waals surface area contributed by atoms with Crippen LogP contribution in [0.1, 0.15) is 31.2 Å². The van der Waals surface area contributed by atoms with Gasteiger partial charge in [-0.15, -0.1) is 11.3 Å². The summed E-state index contributed by atoms with van der Waals surface area (Å²) in [6, 6.07) is 1.75. The second-order valence-electron chi connectivity index (χ2n) is 5.95. The van der Waals surface area contributed by atoms with Crippen LogP contribution in [0.3, 0.4) is 0 Å². The standard InChI is InChI=1S/C14H25N3O2S2/c1-15-9-12-8-13(20-10-12)21(18,19)16-11-14(17(2)3)6-4-5-7-14/h8,10,15-16H,4-7,9,11H2,1-3H3. The molecule has 0 atom stereocenters. The van der Waals surface area contributed by atoms with Gasteiger partial charge in [0, 0.05) is 18.6 Å². The number of hydrogen-bond donors (Lipinski definition) is 2. The molecule has 21 heavy (non-hydrogen) atoms. The molecule has 7 heteroatoms. The highest BCUT2D eigenvalue weighted by molar-refractivity contribution is 7.91. The topological polar surface area (TPSA) is 61.4 Å². The van der Waals surface area contributed by atoms with E-state index in [-0.39, 0.29) is 5.54 Å². The summed E-state index contributed by atoms with van der Waals surface area (Å²) in [6.45, 7) is 1.18. The predicted molar refractivity (Wildman–Crippen MR) is 87.2 cm³/mol. The van der Waals surface area contributed by atoms with E-state index < -0.39 is 10.0 Å². The van der Waals surface area contributed by atoms with Crippen molar-refractivity contribution in [2.75, 3.05) is 27.7 Å². The number of sulfonamides is 1. The summed E-state index contributed by atoms with van der Waals surface area (Å²) in [7, 11) is 2.52. The van der Waals surface area contributed by atoms with Crippen molar-refractivity contribution in [2.45, 2.75) is 42.0 Å². The lowest BCUT2D eigenvalue weighted by atomic mass is 9.97. The zero-order valence-electron chi connectivity index (χ0n) is 13.0. The van der Waals surface area contributed by atoms with Gasteiger partial charge in [0.2, 0.25) is 10.0 Å². The van der Waals surface area contributed by atoms with Gasteiger partial charge in [-0.05, 0) is 51.0 Å². The van der Waals surface area contributed by atoms with Crippen LogP contribution in [-0.4, -0.2) is 46.5 Å². The first-order valence-electron chi connectivity index (χ1n) is 7.29. The van der Waals surface area contributed by atoms with Gasteiger partial charge in [-0.1, -0.05) is 12.8 Å². The third kappa shape index (κ3) is 3.84. The number of nitrogens with zero attached hydrogens (tertiary/aromatic N) is 1. The lowest BCUT2D eigenvalue weighted by Gasteiger charge is -2.36. The lowest BCUT2D eigenvalue weighted by Crippen LogP contribution is -2.50. The Morgan fingerprint density at radius 1 is 1.33 bits per heavy atom. The Morgan fingerprint density at radius 3 is 2.57 bits per heavy atom. The van der Waals surface area contributed by atoms with Crippen LogP contribution in [0.5, 0.6) is 0 Å². The third-order valence-corrected chi connectivity index (χ3v) is 7.24. The highest BCUT2D eigenvalue weighted by atomic mass is 32.2. The van der Waals surface area contributed by atoms with Crippen LogP contribution in [0.15, 0.2) is 15.7 Å². The summed E-state index contributed by atoms with van der Waals surface area (Å²) in [5, 5.41) is 4.92. The van der Waals surface area contributed by atoms with Crippen LogP contribution in [0.4, 0.5) is 0 Å². The molecule has 1 aliphatic rings. The van der Waals surface area contributed by atoms with E-state index in [1.165, 1.54) is 24.2 Å². The van der Waals surface area contributed by atoms with Crippen molar-refractivity contribution in [2.24, 2.45) is 0 Å². The number of likely N-dealkylation sites (N-methyl/N-ethyl adjacent to an activating group) is 1. The average Bonchev–Trinajstić information content (AvgIpc) is 3.07. The van der Waals surface area contributed by atoms with E-state index in [4.69, 9.17) is 0 Å². The molecule has 1 fully saturated rings. The minimum Gasteiger partial charge on any atom is -0.316 e. The highest BCUT2D eigenvalue weighted by Crippen LogP contribution is 2.33. The number of thiophene rings is 1. The molecule has 120 valence electrons. The van der Waals surface area contributed by atoms with E-state index in [2.05, 4.69) is 14.9 Å². The lowest BCUT2D eigenvalue weighted by molar-refractivity contribution is 0.162. The Morgan fingerprint density at radius 2 is 2.00 bits per heavy atom. The van der Waals surface area contributed by atoms with Gasteiger partial charge in [0.25, 0.3) is 0 Å². The van der Waals surface area contributed by atoms with Crippen molar-refractivity contribution >= 4 is 21.4 Å². The normalized spacial score (nSPS) is 18.5. The van der Waals surface area contributed by atoms with Crippen molar-refractivity contribution in [1.29, 1.82) is 0 Å².